The summed E-state index contributed by atoms with van der Waals surface area (Å²) in [7, 11) is 0. The number of nitrogens with zero attached hydrogens (tertiary/aromatic N) is 1. The van der Waals surface area contributed by atoms with E-state index in [9.17, 15) is 4.79 Å². The molecule has 1 N–H and O–H groups in total. The second-order valence-corrected chi connectivity index (χ2v) is 6.87. The van der Waals surface area contributed by atoms with Crippen molar-refractivity contribution in [2.45, 2.75) is 26.4 Å². The average Bonchev–Trinajstić information content (AvgIpc) is 2.56. The summed E-state index contributed by atoms with van der Waals surface area (Å²) in [6.07, 6.45) is 0. The molecule has 5 nitrogen and oxygen atoms in total. The number of hydrogen-bond donors (Lipinski definition) is 1. The highest BCUT2D eigenvalue weighted by atomic mass is 16.5. The normalized spacial score (nSPS) is 16.4. The third-order valence-corrected chi connectivity index (χ3v) is 4.06. The Kier molecular flexibility index (Phi) is 4.95. The predicted octanol–water partition coefficient (Wildman–Crippen LogP) is 4.43. The lowest BCUT2D eigenvalue weighted by Crippen LogP contribution is -2.51. The molecule has 2 aromatic carbocycles. The van der Waals surface area contributed by atoms with Crippen molar-refractivity contribution >= 4 is 11.7 Å². The van der Waals surface area contributed by atoms with Gasteiger partial charge in [0.1, 0.15) is 5.75 Å². The molecule has 0 aromatic heterocycles. The smallest absolute Gasteiger partial charge is 0.322 e. The largest absolute Gasteiger partial charge is 0.455 e. The van der Waals surface area contributed by atoms with E-state index in [1.807, 2.05) is 69.3 Å². The molecule has 0 spiro atoms. The van der Waals surface area contributed by atoms with E-state index in [1.54, 1.807) is 4.90 Å². The SMILES string of the molecule is Cc1cccc(Oc2ccccc2NC(=O)N2CCOC(C)(C)C2)c1. The Morgan fingerprint density at radius 2 is 2.00 bits per heavy atom. The summed E-state index contributed by atoms with van der Waals surface area (Å²) in [5, 5.41) is 2.96. The van der Waals surface area contributed by atoms with Crippen LogP contribution in [0.3, 0.4) is 0 Å². The maximum absolute atomic E-state index is 12.6. The van der Waals surface area contributed by atoms with Crippen LogP contribution in [0.25, 0.3) is 0 Å². The van der Waals surface area contributed by atoms with Gasteiger partial charge in [-0.05, 0) is 50.6 Å². The number of anilines is 1. The summed E-state index contributed by atoms with van der Waals surface area (Å²) in [5.74, 6) is 1.36. The summed E-state index contributed by atoms with van der Waals surface area (Å²) >= 11 is 0. The number of hydrogen-bond acceptors (Lipinski definition) is 3. The van der Waals surface area contributed by atoms with Crippen LogP contribution in [-0.4, -0.2) is 36.2 Å². The first-order valence-corrected chi connectivity index (χ1v) is 8.46. The van der Waals surface area contributed by atoms with Gasteiger partial charge in [-0.2, -0.15) is 0 Å². The second kappa shape index (κ2) is 7.15. The van der Waals surface area contributed by atoms with Crippen LogP contribution in [0.5, 0.6) is 11.5 Å². The number of ether oxygens (including phenoxy) is 2. The zero-order valence-electron chi connectivity index (χ0n) is 14.9. The van der Waals surface area contributed by atoms with Gasteiger partial charge in [-0.15, -0.1) is 0 Å². The van der Waals surface area contributed by atoms with Crippen LogP contribution in [0.4, 0.5) is 10.5 Å². The van der Waals surface area contributed by atoms with Crippen molar-refractivity contribution in [3.05, 3.63) is 54.1 Å². The fourth-order valence-corrected chi connectivity index (χ4v) is 2.85. The molecule has 0 bridgehead atoms. The van der Waals surface area contributed by atoms with Gasteiger partial charge in [0.05, 0.1) is 24.4 Å². The molecule has 1 aliphatic heterocycles. The highest BCUT2D eigenvalue weighted by molar-refractivity contribution is 5.91. The minimum absolute atomic E-state index is 0.142. The first-order chi connectivity index (χ1) is 11.9. The number of carbonyl (C=O) groups excluding carboxylic acids is 1. The quantitative estimate of drug-likeness (QED) is 0.899. The number of benzene rings is 2. The van der Waals surface area contributed by atoms with E-state index in [0.717, 1.165) is 11.3 Å². The third kappa shape index (κ3) is 4.51. The van der Waals surface area contributed by atoms with Gasteiger partial charge >= 0.3 is 6.03 Å². The van der Waals surface area contributed by atoms with Crippen LogP contribution in [0.15, 0.2) is 48.5 Å². The Morgan fingerprint density at radius 1 is 1.20 bits per heavy atom. The number of urea groups is 1. The summed E-state index contributed by atoms with van der Waals surface area (Å²) in [6, 6.07) is 15.1. The second-order valence-electron chi connectivity index (χ2n) is 6.87. The van der Waals surface area contributed by atoms with Crippen LogP contribution in [0, 0.1) is 6.92 Å². The molecule has 2 amide bonds. The molecule has 3 rings (SSSR count). The van der Waals surface area contributed by atoms with E-state index < -0.39 is 0 Å². The highest BCUT2D eigenvalue weighted by Crippen LogP contribution is 2.30. The highest BCUT2D eigenvalue weighted by Gasteiger charge is 2.30. The van der Waals surface area contributed by atoms with Crippen molar-refractivity contribution in [2.24, 2.45) is 0 Å². The van der Waals surface area contributed by atoms with Gasteiger partial charge in [0.2, 0.25) is 0 Å². The van der Waals surface area contributed by atoms with Crippen molar-refractivity contribution < 1.29 is 14.3 Å². The van der Waals surface area contributed by atoms with Gasteiger partial charge in [-0.3, -0.25) is 0 Å². The van der Waals surface area contributed by atoms with Crippen LogP contribution in [-0.2, 0) is 4.74 Å². The lowest BCUT2D eigenvalue weighted by atomic mass is 10.1. The summed E-state index contributed by atoms with van der Waals surface area (Å²) in [5.41, 5.74) is 1.44. The van der Waals surface area contributed by atoms with Crippen molar-refractivity contribution in [3.8, 4) is 11.5 Å². The van der Waals surface area contributed by atoms with Crippen molar-refractivity contribution in [1.29, 1.82) is 0 Å². The Balaban J connectivity index is 1.73. The van der Waals surface area contributed by atoms with Gasteiger partial charge in [-0.1, -0.05) is 24.3 Å². The Labute approximate surface area is 148 Å². The first-order valence-electron chi connectivity index (χ1n) is 8.46. The maximum atomic E-state index is 12.6. The van der Waals surface area contributed by atoms with Gasteiger partial charge in [-0.25, -0.2) is 4.79 Å². The molecule has 1 aliphatic rings. The first kappa shape index (κ1) is 17.3. The zero-order valence-corrected chi connectivity index (χ0v) is 14.9. The maximum Gasteiger partial charge on any atom is 0.322 e. The summed E-state index contributed by atoms with van der Waals surface area (Å²) in [6.45, 7) is 7.67. The number of morpholine rings is 1. The van der Waals surface area contributed by atoms with Gasteiger partial charge in [0.15, 0.2) is 5.75 Å². The molecule has 2 aromatic rings. The van der Waals surface area contributed by atoms with E-state index in [1.165, 1.54) is 0 Å². The molecule has 25 heavy (non-hydrogen) atoms. The molecule has 5 heteroatoms. The molecular formula is C20H24N2O3. The Morgan fingerprint density at radius 3 is 2.76 bits per heavy atom. The van der Waals surface area contributed by atoms with E-state index in [4.69, 9.17) is 9.47 Å². The van der Waals surface area contributed by atoms with E-state index in [2.05, 4.69) is 5.32 Å². The van der Waals surface area contributed by atoms with Crippen molar-refractivity contribution in [1.82, 2.24) is 4.90 Å². The fraction of sp³-hybridized carbons (Fsp3) is 0.350. The summed E-state index contributed by atoms with van der Waals surface area (Å²) in [4.78, 5) is 14.4. The van der Waals surface area contributed by atoms with Gasteiger partial charge in [0.25, 0.3) is 0 Å². The van der Waals surface area contributed by atoms with Crippen molar-refractivity contribution in [2.75, 3.05) is 25.0 Å². The van der Waals surface area contributed by atoms with Gasteiger partial charge in [0, 0.05) is 6.54 Å². The number of para-hydroxylation sites is 2. The molecule has 0 radical (unpaired) electrons. The number of nitrogens with one attached hydrogen (secondary N) is 1. The van der Waals surface area contributed by atoms with Crippen LogP contribution in [0.2, 0.25) is 0 Å². The van der Waals surface area contributed by atoms with E-state index >= 15 is 0 Å². The number of rotatable bonds is 3. The minimum Gasteiger partial charge on any atom is -0.455 e. The predicted molar refractivity (Wildman–Crippen MR) is 98.3 cm³/mol. The van der Waals surface area contributed by atoms with Crippen molar-refractivity contribution in [3.63, 3.8) is 0 Å². The van der Waals surface area contributed by atoms with E-state index in [0.29, 0.717) is 31.1 Å². The van der Waals surface area contributed by atoms with Crippen LogP contribution < -0.4 is 10.1 Å². The molecule has 1 saturated heterocycles. The standard InChI is InChI=1S/C20H24N2O3/c1-15-7-6-8-16(13-15)25-18-10-5-4-9-17(18)21-19(23)22-11-12-24-20(2,3)14-22/h4-10,13H,11-12,14H2,1-3H3,(H,21,23). The monoisotopic (exact) mass is 340 g/mol. The van der Waals surface area contributed by atoms with Gasteiger partial charge < -0.3 is 19.7 Å². The minimum atomic E-state index is -0.326. The molecule has 0 atom stereocenters. The summed E-state index contributed by atoms with van der Waals surface area (Å²) < 4.78 is 11.6. The molecule has 1 fully saturated rings. The fourth-order valence-electron chi connectivity index (χ4n) is 2.85. The molecule has 1 heterocycles. The topological polar surface area (TPSA) is 50.8 Å². The third-order valence-electron chi connectivity index (χ3n) is 4.06. The van der Waals surface area contributed by atoms with Crippen LogP contribution >= 0.6 is 0 Å². The lowest BCUT2D eigenvalue weighted by molar-refractivity contribution is -0.0720. The molecule has 132 valence electrons. The Hall–Kier alpha value is -2.53. The average molecular weight is 340 g/mol. The molecular weight excluding hydrogens is 316 g/mol. The van der Waals surface area contributed by atoms with E-state index in [-0.39, 0.29) is 11.6 Å². The zero-order chi connectivity index (χ0) is 17.9. The molecule has 0 aliphatic carbocycles. The lowest BCUT2D eigenvalue weighted by Gasteiger charge is -2.38. The molecule has 0 unspecified atom stereocenters. The van der Waals surface area contributed by atoms with Crippen LogP contribution in [0.1, 0.15) is 19.4 Å². The number of amides is 2. The number of carbonyl (C=O) groups is 1. The Bertz CT molecular complexity index is 758. The molecule has 0 saturated carbocycles. The number of aryl methyl sites for hydroxylation is 1.